The standard InChI is InChI=1S/C27H35Cl2N5O2/c1-18-25(5-3-4-20-6-7-23(28)24(29)16-20)30-17-31-26(18)27(36)34-14-10-22(11-15-34)33-12-8-21(9-13-33)32-19(2)35/h6-7,16-17,21-22H,3-5,8-15H2,1-2H3,(H,32,35). The first-order chi connectivity index (χ1) is 17.3. The maximum absolute atomic E-state index is 13.3. The average molecular weight is 533 g/mol. The molecule has 1 N–H and O–H groups in total. The quantitative estimate of drug-likeness (QED) is 0.570. The molecule has 7 nitrogen and oxygen atoms in total. The Morgan fingerprint density at radius 1 is 1.00 bits per heavy atom. The van der Waals surface area contributed by atoms with E-state index < -0.39 is 0 Å². The van der Waals surface area contributed by atoms with Crippen molar-refractivity contribution in [3.8, 4) is 0 Å². The van der Waals surface area contributed by atoms with Gasteiger partial charge in [-0.15, -0.1) is 0 Å². The zero-order valence-electron chi connectivity index (χ0n) is 21.1. The van der Waals surface area contributed by atoms with E-state index in [9.17, 15) is 9.59 Å². The van der Waals surface area contributed by atoms with Gasteiger partial charge < -0.3 is 15.1 Å². The van der Waals surface area contributed by atoms with Gasteiger partial charge in [-0.1, -0.05) is 29.3 Å². The fourth-order valence-electron chi connectivity index (χ4n) is 5.39. The third kappa shape index (κ3) is 6.75. The molecule has 9 heteroatoms. The number of amides is 2. The highest BCUT2D eigenvalue weighted by molar-refractivity contribution is 6.42. The molecule has 2 amide bonds. The summed E-state index contributed by atoms with van der Waals surface area (Å²) in [4.78, 5) is 37.9. The Bertz CT molecular complexity index is 1080. The number of likely N-dealkylation sites (tertiary alicyclic amines) is 2. The molecule has 0 saturated carbocycles. The second kappa shape index (κ2) is 12.3. The lowest BCUT2D eigenvalue weighted by atomic mass is 9.97. The van der Waals surface area contributed by atoms with Crippen LogP contribution in [0.5, 0.6) is 0 Å². The second-order valence-corrected chi connectivity index (χ2v) is 10.7. The van der Waals surface area contributed by atoms with Crippen molar-refractivity contribution in [2.45, 2.75) is 70.9 Å². The topological polar surface area (TPSA) is 78.4 Å². The molecule has 194 valence electrons. The zero-order valence-corrected chi connectivity index (χ0v) is 22.6. The van der Waals surface area contributed by atoms with Gasteiger partial charge in [0, 0.05) is 56.4 Å². The van der Waals surface area contributed by atoms with Crippen molar-refractivity contribution >= 4 is 35.0 Å². The number of benzene rings is 1. The molecule has 2 saturated heterocycles. The first kappa shape index (κ1) is 26.8. The number of nitrogens with zero attached hydrogens (tertiary/aromatic N) is 4. The summed E-state index contributed by atoms with van der Waals surface area (Å²) in [6.45, 7) is 7.02. The lowest BCUT2D eigenvalue weighted by Crippen LogP contribution is -2.51. The molecule has 1 aromatic heterocycles. The Morgan fingerprint density at radius 3 is 2.39 bits per heavy atom. The molecule has 36 heavy (non-hydrogen) atoms. The van der Waals surface area contributed by atoms with Gasteiger partial charge in [0.05, 0.1) is 10.0 Å². The number of aromatic nitrogens is 2. The Kier molecular flexibility index (Phi) is 9.20. The van der Waals surface area contributed by atoms with Gasteiger partial charge in [0.25, 0.3) is 5.91 Å². The fraction of sp³-hybridized carbons (Fsp3) is 0.556. The van der Waals surface area contributed by atoms with Gasteiger partial charge in [-0.05, 0) is 69.6 Å². The lowest BCUT2D eigenvalue weighted by Gasteiger charge is -2.41. The summed E-state index contributed by atoms with van der Waals surface area (Å²) in [5, 5.41) is 4.17. The highest BCUT2D eigenvalue weighted by Gasteiger charge is 2.31. The summed E-state index contributed by atoms with van der Waals surface area (Å²) in [6.07, 6.45) is 7.96. The molecular weight excluding hydrogens is 497 g/mol. The van der Waals surface area contributed by atoms with Crippen molar-refractivity contribution in [1.29, 1.82) is 0 Å². The van der Waals surface area contributed by atoms with Gasteiger partial charge in [-0.3, -0.25) is 9.59 Å². The van der Waals surface area contributed by atoms with Crippen molar-refractivity contribution < 1.29 is 9.59 Å². The fourth-order valence-corrected chi connectivity index (χ4v) is 5.71. The predicted octanol–water partition coefficient (Wildman–Crippen LogP) is 4.47. The zero-order chi connectivity index (χ0) is 25.7. The number of carbonyl (C=O) groups excluding carboxylic acids is 2. The van der Waals surface area contributed by atoms with Gasteiger partial charge in [-0.2, -0.15) is 0 Å². The number of rotatable bonds is 7. The highest BCUT2D eigenvalue weighted by atomic mass is 35.5. The van der Waals surface area contributed by atoms with E-state index in [-0.39, 0.29) is 11.8 Å². The number of piperidine rings is 2. The monoisotopic (exact) mass is 531 g/mol. The summed E-state index contributed by atoms with van der Waals surface area (Å²) < 4.78 is 0. The van der Waals surface area contributed by atoms with Crippen molar-refractivity contribution in [2.75, 3.05) is 26.2 Å². The first-order valence-corrected chi connectivity index (χ1v) is 13.6. The van der Waals surface area contributed by atoms with E-state index in [4.69, 9.17) is 23.2 Å². The van der Waals surface area contributed by atoms with E-state index >= 15 is 0 Å². The molecule has 0 spiro atoms. The normalized spacial score (nSPS) is 17.8. The summed E-state index contributed by atoms with van der Waals surface area (Å²) in [7, 11) is 0. The van der Waals surface area contributed by atoms with Crippen molar-refractivity contribution in [2.24, 2.45) is 0 Å². The van der Waals surface area contributed by atoms with E-state index in [1.165, 1.54) is 6.33 Å². The van der Waals surface area contributed by atoms with Crippen molar-refractivity contribution in [3.63, 3.8) is 0 Å². The first-order valence-electron chi connectivity index (χ1n) is 12.9. The Labute approximate surface area is 223 Å². The molecule has 0 radical (unpaired) electrons. The van der Waals surface area contributed by atoms with E-state index in [0.717, 1.165) is 87.9 Å². The largest absolute Gasteiger partial charge is 0.354 e. The third-order valence-corrected chi connectivity index (χ3v) is 8.20. The molecule has 0 bridgehead atoms. The Balaban J connectivity index is 1.28. The average Bonchev–Trinajstić information content (AvgIpc) is 2.87. The predicted molar refractivity (Wildman–Crippen MR) is 143 cm³/mol. The molecule has 2 fully saturated rings. The van der Waals surface area contributed by atoms with E-state index in [1.807, 2.05) is 30.0 Å². The van der Waals surface area contributed by atoms with Gasteiger partial charge in [0.1, 0.15) is 12.0 Å². The van der Waals surface area contributed by atoms with E-state index in [1.54, 1.807) is 6.92 Å². The van der Waals surface area contributed by atoms with Gasteiger partial charge >= 0.3 is 0 Å². The Hall–Kier alpha value is -2.22. The molecule has 3 heterocycles. The van der Waals surface area contributed by atoms with Crippen LogP contribution in [0.25, 0.3) is 0 Å². The van der Waals surface area contributed by atoms with Crippen LogP contribution < -0.4 is 5.32 Å². The number of hydrogen-bond acceptors (Lipinski definition) is 5. The minimum Gasteiger partial charge on any atom is -0.354 e. The summed E-state index contributed by atoms with van der Waals surface area (Å²) in [5.74, 6) is 0.0540. The van der Waals surface area contributed by atoms with Crippen LogP contribution in [0.15, 0.2) is 24.5 Å². The minimum absolute atomic E-state index is 0.00319. The molecule has 4 rings (SSSR count). The van der Waals surface area contributed by atoms with Crippen LogP contribution in [0.1, 0.15) is 66.3 Å². The maximum atomic E-state index is 13.3. The summed E-state index contributed by atoms with van der Waals surface area (Å²) in [6, 6.07) is 6.50. The van der Waals surface area contributed by atoms with Gasteiger partial charge in [-0.25, -0.2) is 9.97 Å². The van der Waals surface area contributed by atoms with Crippen molar-refractivity contribution in [1.82, 2.24) is 25.1 Å². The Morgan fingerprint density at radius 2 is 1.72 bits per heavy atom. The van der Waals surface area contributed by atoms with Gasteiger partial charge in [0.15, 0.2) is 0 Å². The molecule has 2 aliphatic heterocycles. The SMILES string of the molecule is CC(=O)NC1CCN(C2CCN(C(=O)c3ncnc(CCCc4ccc(Cl)c(Cl)c4)c3C)CC2)CC1. The van der Waals surface area contributed by atoms with E-state index in [2.05, 4.69) is 20.2 Å². The summed E-state index contributed by atoms with van der Waals surface area (Å²) >= 11 is 12.1. The maximum Gasteiger partial charge on any atom is 0.272 e. The van der Waals surface area contributed by atoms with Gasteiger partial charge in [0.2, 0.25) is 5.91 Å². The molecule has 0 aliphatic carbocycles. The number of carbonyl (C=O) groups is 2. The van der Waals surface area contributed by atoms with Crippen LogP contribution in [0.2, 0.25) is 10.0 Å². The van der Waals surface area contributed by atoms with Crippen LogP contribution in [-0.2, 0) is 17.6 Å². The third-order valence-electron chi connectivity index (χ3n) is 7.46. The number of hydrogen-bond donors (Lipinski definition) is 1. The molecule has 1 aromatic carbocycles. The number of halogens is 2. The minimum atomic E-state index is 0.00319. The van der Waals surface area contributed by atoms with Crippen LogP contribution in [0.4, 0.5) is 0 Å². The second-order valence-electron chi connectivity index (χ2n) is 9.93. The molecule has 0 atom stereocenters. The molecule has 2 aromatic rings. The number of aryl methyl sites for hydroxylation is 2. The number of nitrogens with one attached hydrogen (secondary N) is 1. The summed E-state index contributed by atoms with van der Waals surface area (Å²) in [5.41, 5.74) is 3.45. The highest BCUT2D eigenvalue weighted by Crippen LogP contribution is 2.25. The van der Waals surface area contributed by atoms with Crippen LogP contribution in [0.3, 0.4) is 0 Å². The molecular formula is C27H35Cl2N5O2. The van der Waals surface area contributed by atoms with Crippen LogP contribution in [0, 0.1) is 6.92 Å². The molecule has 0 unspecified atom stereocenters. The van der Waals surface area contributed by atoms with E-state index in [0.29, 0.717) is 27.8 Å². The van der Waals surface area contributed by atoms with Crippen LogP contribution in [-0.4, -0.2) is 69.8 Å². The molecule has 2 aliphatic rings. The van der Waals surface area contributed by atoms with Crippen LogP contribution >= 0.6 is 23.2 Å². The smallest absolute Gasteiger partial charge is 0.272 e. The van der Waals surface area contributed by atoms with Crippen molar-refractivity contribution in [3.05, 3.63) is 57.1 Å². The lowest BCUT2D eigenvalue weighted by molar-refractivity contribution is -0.120.